The Morgan fingerprint density at radius 1 is 1.22 bits per heavy atom. The molecule has 0 bridgehead atoms. The molecule has 5 heteroatoms. The lowest BCUT2D eigenvalue weighted by Gasteiger charge is -2.00. The van der Waals surface area contributed by atoms with Crippen LogP contribution in [0, 0.1) is 0 Å². The van der Waals surface area contributed by atoms with Crippen LogP contribution < -0.4 is 5.32 Å². The van der Waals surface area contributed by atoms with Gasteiger partial charge in [0.05, 0.1) is 4.70 Å². The van der Waals surface area contributed by atoms with Crippen LogP contribution in [0.1, 0.15) is 0 Å². The van der Waals surface area contributed by atoms with Crippen molar-refractivity contribution in [2.24, 2.45) is 0 Å². The van der Waals surface area contributed by atoms with E-state index in [9.17, 15) is 4.79 Å². The fourth-order valence-corrected chi connectivity index (χ4v) is 2.62. The van der Waals surface area contributed by atoms with Crippen molar-refractivity contribution in [3.63, 3.8) is 0 Å². The number of rotatable bonds is 3. The molecule has 0 saturated carbocycles. The molecule has 0 aliphatic rings. The van der Waals surface area contributed by atoms with Gasteiger partial charge >= 0.3 is 0 Å². The molecule has 0 saturated heterocycles. The molecule has 0 aliphatic heterocycles. The number of benzene rings is 1. The van der Waals surface area contributed by atoms with Gasteiger partial charge in [0.25, 0.3) is 0 Å². The van der Waals surface area contributed by atoms with Gasteiger partial charge in [0.1, 0.15) is 5.01 Å². The zero-order valence-electron chi connectivity index (χ0n) is 9.33. The Kier molecular flexibility index (Phi) is 2.74. The standard InChI is InChI=1S/C13H9N3OS/c17-8-15-10-4-1-3-9(7-10)13-16-12-11(18-13)5-2-6-14-12/h1-8H,(H,15,17). The average Bonchev–Trinajstić information content (AvgIpc) is 2.83. The normalized spacial score (nSPS) is 10.4. The molecular formula is C13H9N3OS. The fourth-order valence-electron chi connectivity index (χ4n) is 1.70. The Hall–Kier alpha value is -2.27. The topological polar surface area (TPSA) is 54.9 Å². The van der Waals surface area contributed by atoms with Crippen LogP contribution in [0.25, 0.3) is 20.9 Å². The molecule has 0 fully saturated rings. The quantitative estimate of drug-likeness (QED) is 0.732. The minimum absolute atomic E-state index is 0.666. The maximum absolute atomic E-state index is 10.4. The summed E-state index contributed by atoms with van der Waals surface area (Å²) in [5.74, 6) is 0. The van der Waals surface area contributed by atoms with Crippen molar-refractivity contribution in [2.45, 2.75) is 0 Å². The van der Waals surface area contributed by atoms with Gasteiger partial charge in [-0.05, 0) is 24.3 Å². The summed E-state index contributed by atoms with van der Waals surface area (Å²) in [4.78, 5) is 19.1. The molecule has 1 aromatic carbocycles. The lowest BCUT2D eigenvalue weighted by molar-refractivity contribution is -0.105. The Balaban J connectivity index is 2.08. The molecule has 18 heavy (non-hydrogen) atoms. The highest BCUT2D eigenvalue weighted by atomic mass is 32.1. The summed E-state index contributed by atoms with van der Waals surface area (Å²) >= 11 is 1.59. The van der Waals surface area contributed by atoms with Gasteiger partial charge in [0.2, 0.25) is 6.41 Å². The Labute approximate surface area is 107 Å². The summed E-state index contributed by atoms with van der Waals surface area (Å²) in [7, 11) is 0. The van der Waals surface area contributed by atoms with Gasteiger partial charge < -0.3 is 5.32 Å². The summed E-state index contributed by atoms with van der Waals surface area (Å²) < 4.78 is 1.06. The van der Waals surface area contributed by atoms with Crippen LogP contribution in [0.3, 0.4) is 0 Å². The van der Waals surface area contributed by atoms with Crippen molar-refractivity contribution in [1.29, 1.82) is 0 Å². The van der Waals surface area contributed by atoms with Crippen LogP contribution in [-0.2, 0) is 4.79 Å². The molecule has 2 heterocycles. The van der Waals surface area contributed by atoms with E-state index in [0.29, 0.717) is 6.41 Å². The van der Waals surface area contributed by atoms with Gasteiger partial charge in [0, 0.05) is 17.4 Å². The van der Waals surface area contributed by atoms with Crippen LogP contribution in [0.4, 0.5) is 5.69 Å². The first-order valence-corrected chi connectivity index (χ1v) is 6.20. The van der Waals surface area contributed by atoms with E-state index in [1.165, 1.54) is 0 Å². The number of aromatic nitrogens is 2. The number of fused-ring (bicyclic) bond motifs is 1. The highest BCUT2D eigenvalue weighted by Crippen LogP contribution is 2.30. The number of amides is 1. The summed E-state index contributed by atoms with van der Waals surface area (Å²) in [6.45, 7) is 0. The van der Waals surface area contributed by atoms with Gasteiger partial charge in [0.15, 0.2) is 5.65 Å². The van der Waals surface area contributed by atoms with Crippen molar-refractivity contribution in [1.82, 2.24) is 9.97 Å². The third kappa shape index (κ3) is 1.96. The molecule has 0 radical (unpaired) electrons. The lowest BCUT2D eigenvalue weighted by atomic mass is 10.2. The second kappa shape index (κ2) is 4.54. The number of pyridine rings is 1. The molecule has 2 aromatic heterocycles. The molecule has 0 atom stereocenters. The van der Waals surface area contributed by atoms with Crippen molar-refractivity contribution < 1.29 is 4.79 Å². The van der Waals surface area contributed by atoms with Crippen molar-refractivity contribution in [2.75, 3.05) is 5.32 Å². The number of hydrogen-bond donors (Lipinski definition) is 1. The van der Waals surface area contributed by atoms with Crippen molar-refractivity contribution in [3.05, 3.63) is 42.6 Å². The van der Waals surface area contributed by atoms with Gasteiger partial charge in [-0.15, -0.1) is 11.3 Å². The van der Waals surface area contributed by atoms with E-state index in [1.54, 1.807) is 17.5 Å². The molecule has 0 spiro atoms. The zero-order chi connectivity index (χ0) is 12.4. The largest absolute Gasteiger partial charge is 0.329 e. The molecule has 3 aromatic rings. The lowest BCUT2D eigenvalue weighted by Crippen LogP contribution is -1.93. The van der Waals surface area contributed by atoms with Crippen LogP contribution in [-0.4, -0.2) is 16.4 Å². The molecule has 0 aliphatic carbocycles. The Morgan fingerprint density at radius 3 is 3.00 bits per heavy atom. The van der Waals surface area contributed by atoms with Crippen LogP contribution in [0.2, 0.25) is 0 Å². The second-order valence-electron chi connectivity index (χ2n) is 3.69. The smallest absolute Gasteiger partial charge is 0.211 e. The van der Waals surface area contributed by atoms with E-state index in [1.807, 2.05) is 36.4 Å². The summed E-state index contributed by atoms with van der Waals surface area (Å²) in [5, 5.41) is 3.53. The number of anilines is 1. The first-order chi connectivity index (χ1) is 8.86. The maximum Gasteiger partial charge on any atom is 0.211 e. The monoisotopic (exact) mass is 255 g/mol. The summed E-state index contributed by atoms with van der Waals surface area (Å²) in [6, 6.07) is 11.5. The number of nitrogens with one attached hydrogen (secondary N) is 1. The van der Waals surface area contributed by atoms with Crippen molar-refractivity contribution in [3.8, 4) is 10.6 Å². The van der Waals surface area contributed by atoms with E-state index < -0.39 is 0 Å². The second-order valence-corrected chi connectivity index (χ2v) is 4.72. The molecule has 3 rings (SSSR count). The summed E-state index contributed by atoms with van der Waals surface area (Å²) in [5.41, 5.74) is 2.49. The van der Waals surface area contributed by atoms with E-state index in [4.69, 9.17) is 0 Å². The highest BCUT2D eigenvalue weighted by molar-refractivity contribution is 7.21. The van der Waals surface area contributed by atoms with E-state index >= 15 is 0 Å². The minimum Gasteiger partial charge on any atom is -0.329 e. The number of nitrogens with zero attached hydrogens (tertiary/aromatic N) is 2. The van der Waals surface area contributed by atoms with Crippen LogP contribution in [0.15, 0.2) is 42.6 Å². The minimum atomic E-state index is 0.666. The third-order valence-corrected chi connectivity index (χ3v) is 3.56. The Bertz CT molecular complexity index is 675. The maximum atomic E-state index is 10.4. The van der Waals surface area contributed by atoms with Crippen LogP contribution >= 0.6 is 11.3 Å². The van der Waals surface area contributed by atoms with Gasteiger partial charge in [-0.1, -0.05) is 12.1 Å². The molecule has 1 N–H and O–H groups in total. The van der Waals surface area contributed by atoms with Crippen LogP contribution in [0.5, 0.6) is 0 Å². The number of hydrogen-bond acceptors (Lipinski definition) is 4. The van der Waals surface area contributed by atoms with E-state index in [0.717, 1.165) is 26.6 Å². The molecular weight excluding hydrogens is 246 g/mol. The fraction of sp³-hybridized carbons (Fsp3) is 0. The molecule has 1 amide bonds. The molecule has 88 valence electrons. The molecule has 0 unspecified atom stereocenters. The van der Waals surface area contributed by atoms with Gasteiger partial charge in [-0.2, -0.15) is 0 Å². The average molecular weight is 255 g/mol. The third-order valence-electron chi connectivity index (χ3n) is 2.50. The van der Waals surface area contributed by atoms with Crippen molar-refractivity contribution >= 4 is 33.8 Å². The summed E-state index contributed by atoms with van der Waals surface area (Å²) in [6.07, 6.45) is 2.40. The Morgan fingerprint density at radius 2 is 2.17 bits per heavy atom. The first-order valence-electron chi connectivity index (χ1n) is 5.39. The number of carbonyl (C=O) groups excluding carboxylic acids is 1. The predicted octanol–water partition coefficient (Wildman–Crippen LogP) is 2.93. The SMILES string of the molecule is O=CNc1cccc(-c2nc3ncccc3s2)c1. The van der Waals surface area contributed by atoms with Gasteiger partial charge in [-0.25, -0.2) is 9.97 Å². The molecule has 4 nitrogen and oxygen atoms in total. The number of thiazole rings is 1. The highest BCUT2D eigenvalue weighted by Gasteiger charge is 2.06. The predicted molar refractivity (Wildman–Crippen MR) is 72.5 cm³/mol. The first kappa shape index (κ1) is 10.9. The van der Waals surface area contributed by atoms with E-state index in [-0.39, 0.29) is 0 Å². The van der Waals surface area contributed by atoms with E-state index in [2.05, 4.69) is 15.3 Å². The van der Waals surface area contributed by atoms with Gasteiger partial charge in [-0.3, -0.25) is 4.79 Å². The zero-order valence-corrected chi connectivity index (χ0v) is 10.1. The number of carbonyl (C=O) groups is 1.